The lowest BCUT2D eigenvalue weighted by Gasteiger charge is -2.23. The molecule has 158 valence electrons. The van der Waals surface area contributed by atoms with Crippen LogP contribution in [-0.4, -0.2) is 38.6 Å². The maximum atomic E-state index is 12.5. The van der Waals surface area contributed by atoms with Crippen LogP contribution in [0.4, 0.5) is 0 Å². The first-order chi connectivity index (χ1) is 13.9. The van der Waals surface area contributed by atoms with Gasteiger partial charge in [0.1, 0.15) is 0 Å². The lowest BCUT2D eigenvalue weighted by molar-refractivity contribution is -0.147. The monoisotopic (exact) mass is 421 g/mol. The van der Waals surface area contributed by atoms with Gasteiger partial charge in [-0.1, -0.05) is 50.3 Å². The van der Waals surface area contributed by atoms with Crippen LogP contribution in [0.5, 0.6) is 0 Å². The summed E-state index contributed by atoms with van der Waals surface area (Å²) in [4.78, 5) is 37.2. The maximum absolute atomic E-state index is 12.5. The minimum Gasteiger partial charge on any atom is -0.453 e. The van der Waals surface area contributed by atoms with Crippen molar-refractivity contribution in [3.63, 3.8) is 0 Å². The third kappa shape index (κ3) is 5.51. The summed E-state index contributed by atoms with van der Waals surface area (Å²) in [5.41, 5.74) is 0. The largest absolute Gasteiger partial charge is 0.453 e. The van der Waals surface area contributed by atoms with Crippen LogP contribution in [0.25, 0.3) is 0 Å². The average Bonchev–Trinajstić information content (AvgIpc) is 2.99. The number of carbonyl (C=O) groups excluding carboxylic acids is 3. The molecule has 1 heterocycles. The van der Waals surface area contributed by atoms with Crippen molar-refractivity contribution >= 4 is 27.6 Å². The van der Waals surface area contributed by atoms with E-state index in [0.29, 0.717) is 12.3 Å². The summed E-state index contributed by atoms with van der Waals surface area (Å²) in [5, 5.41) is 0. The zero-order valence-electron chi connectivity index (χ0n) is 16.3. The van der Waals surface area contributed by atoms with E-state index < -0.39 is 39.6 Å². The Morgan fingerprint density at radius 3 is 2.45 bits per heavy atom. The molecule has 0 bridgehead atoms. The zero-order chi connectivity index (χ0) is 20.9. The molecular weight excluding hydrogens is 394 g/mol. The number of cyclic esters (lactones) is 1. The molecule has 1 aromatic carbocycles. The minimum atomic E-state index is -3.64. The van der Waals surface area contributed by atoms with E-state index in [2.05, 4.69) is 4.72 Å². The van der Waals surface area contributed by atoms with Crippen LogP contribution in [0.3, 0.4) is 0 Å². The van der Waals surface area contributed by atoms with Crippen LogP contribution < -0.4 is 4.72 Å². The van der Waals surface area contributed by atoms with Gasteiger partial charge in [-0.05, 0) is 30.9 Å². The molecule has 7 nitrogen and oxygen atoms in total. The Labute approximate surface area is 171 Å². The van der Waals surface area contributed by atoms with Crippen LogP contribution in [0.1, 0.15) is 51.4 Å². The number of rotatable bonds is 9. The van der Waals surface area contributed by atoms with Gasteiger partial charge in [0.05, 0.1) is 4.90 Å². The van der Waals surface area contributed by atoms with E-state index in [1.165, 1.54) is 18.6 Å². The lowest BCUT2D eigenvalue weighted by Crippen LogP contribution is -2.30. The third-order valence-corrected chi connectivity index (χ3v) is 7.11. The fraction of sp³-hybridized carbons (Fsp3) is 0.571. The number of sulfonamides is 1. The molecule has 0 amide bonds. The lowest BCUT2D eigenvalue weighted by atomic mass is 9.83. The normalized spacial score (nSPS) is 23.2. The molecule has 1 N–H and O–H groups in total. The van der Waals surface area contributed by atoms with Crippen LogP contribution in [0, 0.1) is 11.8 Å². The van der Waals surface area contributed by atoms with E-state index in [1.807, 2.05) is 0 Å². The van der Waals surface area contributed by atoms with Crippen LogP contribution in [0.15, 0.2) is 35.2 Å². The first-order valence-corrected chi connectivity index (χ1v) is 11.7. The molecular formula is C21H27NO6S. The summed E-state index contributed by atoms with van der Waals surface area (Å²) in [5.74, 6) is -2.67. The molecule has 2 unspecified atom stereocenters. The number of hydrogen-bond donors (Lipinski definition) is 1. The van der Waals surface area contributed by atoms with Crippen LogP contribution in [-0.2, 0) is 29.1 Å². The Bertz CT molecular complexity index is 845. The molecule has 2 aliphatic rings. The van der Waals surface area contributed by atoms with E-state index in [9.17, 15) is 22.8 Å². The van der Waals surface area contributed by atoms with Crippen molar-refractivity contribution in [3.8, 4) is 0 Å². The first kappa shape index (κ1) is 21.6. The van der Waals surface area contributed by atoms with Gasteiger partial charge in [0.2, 0.25) is 10.0 Å². The van der Waals surface area contributed by atoms with Crippen molar-refractivity contribution in [2.75, 3.05) is 6.54 Å². The molecule has 8 heteroatoms. The summed E-state index contributed by atoms with van der Waals surface area (Å²) in [6, 6.07) is 7.93. The SMILES string of the molecule is O=C(CCCNS(=O)(=O)c1ccccc1)C1C(=O)OC(CC2CCCCC2)C1=O. The minimum absolute atomic E-state index is 0.0461. The van der Waals surface area contributed by atoms with Gasteiger partial charge in [0, 0.05) is 13.0 Å². The highest BCUT2D eigenvalue weighted by atomic mass is 32.2. The summed E-state index contributed by atoms with van der Waals surface area (Å²) in [6.45, 7) is 0.0461. The fourth-order valence-corrected chi connectivity index (χ4v) is 5.14. The molecule has 0 spiro atoms. The van der Waals surface area contributed by atoms with E-state index >= 15 is 0 Å². The fourth-order valence-electron chi connectivity index (χ4n) is 4.04. The Balaban J connectivity index is 1.46. The molecule has 1 saturated carbocycles. The second kappa shape index (κ2) is 9.63. The molecule has 2 fully saturated rings. The Kier molecular flexibility index (Phi) is 7.18. The van der Waals surface area contributed by atoms with Crippen LogP contribution in [0.2, 0.25) is 0 Å². The number of hydrogen-bond acceptors (Lipinski definition) is 6. The van der Waals surface area contributed by atoms with Gasteiger partial charge in [-0.25, -0.2) is 13.1 Å². The number of ether oxygens (including phenoxy) is 1. The molecule has 1 aromatic rings. The molecule has 1 saturated heterocycles. The molecule has 0 aromatic heterocycles. The maximum Gasteiger partial charge on any atom is 0.325 e. The number of carbonyl (C=O) groups is 3. The van der Waals surface area contributed by atoms with Crippen molar-refractivity contribution in [2.24, 2.45) is 11.8 Å². The quantitative estimate of drug-likeness (QED) is 0.373. The van der Waals surface area contributed by atoms with Gasteiger partial charge in [-0.15, -0.1) is 0 Å². The number of Topliss-reactive ketones (excluding diaryl/α,β-unsaturated/α-hetero) is 2. The van der Waals surface area contributed by atoms with Crippen LogP contribution >= 0.6 is 0 Å². The van der Waals surface area contributed by atoms with Gasteiger partial charge < -0.3 is 4.74 Å². The summed E-state index contributed by atoms with van der Waals surface area (Å²) in [6.07, 6.45) is 5.35. The number of esters is 1. The standard InChI is InChI=1S/C21H27NO6S/c23-17(12-7-13-22-29(26,27)16-10-5-2-6-11-16)19-20(24)18(28-21(19)25)14-15-8-3-1-4-9-15/h2,5-6,10-11,15,18-19,22H,1,3-4,7-9,12-14H2. The van der Waals surface area contributed by atoms with Gasteiger partial charge in [0.15, 0.2) is 23.6 Å². The van der Waals surface area contributed by atoms with Crippen molar-refractivity contribution in [1.29, 1.82) is 0 Å². The number of nitrogens with one attached hydrogen (secondary N) is 1. The summed E-state index contributed by atoms with van der Waals surface area (Å²) >= 11 is 0. The van der Waals surface area contributed by atoms with Gasteiger partial charge in [0.25, 0.3) is 0 Å². The van der Waals surface area contributed by atoms with Crippen molar-refractivity contribution < 1.29 is 27.5 Å². The molecule has 0 radical (unpaired) electrons. The predicted molar refractivity (Wildman–Crippen MR) is 105 cm³/mol. The second-order valence-corrected chi connectivity index (χ2v) is 9.55. The average molecular weight is 422 g/mol. The smallest absolute Gasteiger partial charge is 0.325 e. The molecule has 29 heavy (non-hydrogen) atoms. The van der Waals surface area contributed by atoms with Gasteiger partial charge in [-0.3, -0.25) is 14.4 Å². The highest BCUT2D eigenvalue weighted by Crippen LogP contribution is 2.32. The third-order valence-electron chi connectivity index (χ3n) is 5.64. The van der Waals surface area contributed by atoms with E-state index in [0.717, 1.165) is 25.7 Å². The van der Waals surface area contributed by atoms with Crippen molar-refractivity contribution in [1.82, 2.24) is 4.72 Å². The van der Waals surface area contributed by atoms with Gasteiger partial charge in [-0.2, -0.15) is 0 Å². The van der Waals surface area contributed by atoms with E-state index in [-0.39, 0.29) is 24.3 Å². The summed E-state index contributed by atoms with van der Waals surface area (Å²) < 4.78 is 31.9. The van der Waals surface area contributed by atoms with Crippen molar-refractivity contribution in [2.45, 2.75) is 62.4 Å². The van der Waals surface area contributed by atoms with E-state index in [1.54, 1.807) is 18.2 Å². The Morgan fingerprint density at radius 1 is 1.07 bits per heavy atom. The molecule has 3 rings (SSSR count). The highest BCUT2D eigenvalue weighted by molar-refractivity contribution is 7.89. The number of benzene rings is 1. The first-order valence-electron chi connectivity index (χ1n) is 10.2. The van der Waals surface area contributed by atoms with Crippen molar-refractivity contribution in [3.05, 3.63) is 30.3 Å². The second-order valence-electron chi connectivity index (χ2n) is 7.78. The highest BCUT2D eigenvalue weighted by Gasteiger charge is 2.47. The summed E-state index contributed by atoms with van der Waals surface area (Å²) in [7, 11) is -3.64. The Morgan fingerprint density at radius 2 is 1.76 bits per heavy atom. The topological polar surface area (TPSA) is 107 Å². The number of ketones is 2. The van der Waals surface area contributed by atoms with Gasteiger partial charge >= 0.3 is 5.97 Å². The Hall–Kier alpha value is -2.06. The van der Waals surface area contributed by atoms with E-state index in [4.69, 9.17) is 4.74 Å². The molecule has 1 aliphatic heterocycles. The predicted octanol–water partition coefficient (Wildman–Crippen LogP) is 2.40. The molecule has 1 aliphatic carbocycles. The molecule has 2 atom stereocenters. The zero-order valence-corrected chi connectivity index (χ0v) is 17.2.